The molecule has 4 nitrogen and oxygen atoms in total. The van der Waals surface area contributed by atoms with Gasteiger partial charge < -0.3 is 9.67 Å². The highest BCUT2D eigenvalue weighted by Gasteiger charge is 2.18. The second kappa shape index (κ2) is 3.44. The number of carboxylic acids is 1. The number of fused-ring (bicyclic) bond motifs is 1. The van der Waals surface area contributed by atoms with Crippen LogP contribution in [0, 0.1) is 6.92 Å². The molecule has 0 spiro atoms. The van der Waals surface area contributed by atoms with E-state index >= 15 is 0 Å². The number of imidazole rings is 1. The monoisotopic (exact) mass is 194 g/mol. The van der Waals surface area contributed by atoms with Crippen LogP contribution in [0.5, 0.6) is 0 Å². The molecule has 1 aromatic heterocycles. The topological polar surface area (TPSA) is 55.1 Å². The van der Waals surface area contributed by atoms with Crippen molar-refractivity contribution in [3.8, 4) is 0 Å². The lowest BCUT2D eigenvalue weighted by Gasteiger charge is -2.16. The van der Waals surface area contributed by atoms with Gasteiger partial charge in [0.25, 0.3) is 0 Å². The van der Waals surface area contributed by atoms with Crippen molar-refractivity contribution >= 4 is 5.97 Å². The van der Waals surface area contributed by atoms with E-state index in [-0.39, 0.29) is 6.42 Å². The van der Waals surface area contributed by atoms with Crippen LogP contribution in [0.3, 0.4) is 0 Å². The average Bonchev–Trinajstić information content (AvgIpc) is 2.44. The molecule has 0 radical (unpaired) electrons. The van der Waals surface area contributed by atoms with Gasteiger partial charge >= 0.3 is 5.97 Å². The molecule has 1 aliphatic heterocycles. The van der Waals surface area contributed by atoms with E-state index in [4.69, 9.17) is 5.11 Å². The zero-order chi connectivity index (χ0) is 10.1. The van der Waals surface area contributed by atoms with E-state index < -0.39 is 5.97 Å². The Morgan fingerprint density at radius 2 is 2.36 bits per heavy atom. The fourth-order valence-corrected chi connectivity index (χ4v) is 2.08. The lowest BCUT2D eigenvalue weighted by atomic mass is 10.1. The van der Waals surface area contributed by atoms with Crippen LogP contribution in [0.4, 0.5) is 0 Å². The molecule has 0 fully saturated rings. The Labute approximate surface area is 82.6 Å². The van der Waals surface area contributed by atoms with Gasteiger partial charge in [0, 0.05) is 12.2 Å². The molecule has 2 rings (SSSR count). The third kappa shape index (κ3) is 1.52. The van der Waals surface area contributed by atoms with Gasteiger partial charge in [-0.15, -0.1) is 0 Å². The summed E-state index contributed by atoms with van der Waals surface area (Å²) in [5.74, 6) is -0.0897. The summed E-state index contributed by atoms with van der Waals surface area (Å²) in [6, 6.07) is 0. The molecule has 0 aromatic carbocycles. The lowest BCUT2D eigenvalue weighted by molar-refractivity contribution is -0.136. The summed E-state index contributed by atoms with van der Waals surface area (Å²) >= 11 is 0. The summed E-state index contributed by atoms with van der Waals surface area (Å²) in [6.45, 7) is 2.89. The van der Waals surface area contributed by atoms with Crippen molar-refractivity contribution in [1.82, 2.24) is 9.55 Å². The molecule has 0 atom stereocenters. The highest BCUT2D eigenvalue weighted by Crippen LogP contribution is 2.20. The van der Waals surface area contributed by atoms with Crippen molar-refractivity contribution in [2.75, 3.05) is 0 Å². The SMILES string of the molecule is Cc1nc(CC(=O)O)n2c1CCCC2. The third-order valence-electron chi connectivity index (χ3n) is 2.71. The zero-order valence-corrected chi connectivity index (χ0v) is 8.29. The fourth-order valence-electron chi connectivity index (χ4n) is 2.08. The van der Waals surface area contributed by atoms with Gasteiger partial charge in [0.05, 0.1) is 5.69 Å². The van der Waals surface area contributed by atoms with Crippen LogP contribution in [0.2, 0.25) is 0 Å². The van der Waals surface area contributed by atoms with Crippen LogP contribution in [0.25, 0.3) is 0 Å². The number of hydrogen-bond acceptors (Lipinski definition) is 2. The molecule has 14 heavy (non-hydrogen) atoms. The van der Waals surface area contributed by atoms with Gasteiger partial charge in [-0.1, -0.05) is 0 Å². The molecule has 0 amide bonds. The predicted molar refractivity (Wildman–Crippen MR) is 51.2 cm³/mol. The number of aryl methyl sites for hydroxylation is 1. The van der Waals surface area contributed by atoms with Gasteiger partial charge in [-0.3, -0.25) is 4.79 Å². The molecule has 1 N–H and O–H groups in total. The summed E-state index contributed by atoms with van der Waals surface area (Å²) in [5, 5.41) is 8.72. The van der Waals surface area contributed by atoms with Gasteiger partial charge in [0.2, 0.25) is 0 Å². The van der Waals surface area contributed by atoms with Crippen molar-refractivity contribution in [3.63, 3.8) is 0 Å². The van der Waals surface area contributed by atoms with Gasteiger partial charge in [-0.2, -0.15) is 0 Å². The van der Waals surface area contributed by atoms with E-state index in [1.807, 2.05) is 6.92 Å². The Morgan fingerprint density at radius 3 is 3.07 bits per heavy atom. The Hall–Kier alpha value is -1.32. The zero-order valence-electron chi connectivity index (χ0n) is 8.29. The predicted octanol–water partition coefficient (Wildman–Crippen LogP) is 1.15. The molecule has 0 saturated carbocycles. The number of rotatable bonds is 2. The highest BCUT2D eigenvalue weighted by atomic mass is 16.4. The first-order chi connectivity index (χ1) is 6.68. The molecule has 4 heteroatoms. The molecule has 0 saturated heterocycles. The Balaban J connectivity index is 2.36. The highest BCUT2D eigenvalue weighted by molar-refractivity contribution is 5.69. The standard InChI is InChI=1S/C10H14N2O2/c1-7-8-4-2-3-5-12(8)9(11-7)6-10(13)14/h2-6H2,1H3,(H,13,14). The Morgan fingerprint density at radius 1 is 1.57 bits per heavy atom. The smallest absolute Gasteiger partial charge is 0.311 e. The average molecular weight is 194 g/mol. The number of hydrogen-bond donors (Lipinski definition) is 1. The number of carboxylic acid groups (broad SMARTS) is 1. The van der Waals surface area contributed by atoms with Gasteiger partial charge in [0.1, 0.15) is 12.2 Å². The van der Waals surface area contributed by atoms with Gasteiger partial charge in [0.15, 0.2) is 0 Å². The quantitative estimate of drug-likeness (QED) is 0.768. The largest absolute Gasteiger partial charge is 0.481 e. The Kier molecular flexibility index (Phi) is 2.27. The maximum absolute atomic E-state index is 10.6. The van der Waals surface area contributed by atoms with Crippen LogP contribution in [-0.4, -0.2) is 20.6 Å². The van der Waals surface area contributed by atoms with Crippen LogP contribution < -0.4 is 0 Å². The van der Waals surface area contributed by atoms with Crippen LogP contribution in [0.1, 0.15) is 30.1 Å². The number of carbonyl (C=O) groups is 1. The minimum atomic E-state index is -0.802. The summed E-state index contributed by atoms with van der Waals surface area (Å²) < 4.78 is 2.08. The van der Waals surface area contributed by atoms with E-state index in [9.17, 15) is 4.79 Å². The van der Waals surface area contributed by atoms with Crippen LogP contribution in [0.15, 0.2) is 0 Å². The molecule has 1 aliphatic rings. The first kappa shape index (κ1) is 9.24. The lowest BCUT2D eigenvalue weighted by Crippen LogP contribution is -2.15. The van der Waals surface area contributed by atoms with E-state index in [2.05, 4.69) is 9.55 Å². The van der Waals surface area contributed by atoms with Crippen molar-refractivity contribution in [2.24, 2.45) is 0 Å². The minimum absolute atomic E-state index is 0.0425. The number of aromatic nitrogens is 2. The molecule has 0 unspecified atom stereocenters. The molecule has 0 bridgehead atoms. The van der Waals surface area contributed by atoms with E-state index in [0.717, 1.165) is 25.1 Å². The Bertz CT molecular complexity index is 368. The second-order valence-corrected chi connectivity index (χ2v) is 3.74. The number of aliphatic carboxylic acids is 1. The maximum atomic E-state index is 10.6. The molecular weight excluding hydrogens is 180 g/mol. The summed E-state index contributed by atoms with van der Waals surface area (Å²) in [6.07, 6.45) is 3.41. The van der Waals surface area contributed by atoms with E-state index in [1.165, 1.54) is 12.1 Å². The summed E-state index contributed by atoms with van der Waals surface area (Å²) in [4.78, 5) is 14.9. The summed E-state index contributed by atoms with van der Waals surface area (Å²) in [7, 11) is 0. The van der Waals surface area contributed by atoms with Gasteiger partial charge in [-0.05, 0) is 26.2 Å². The van der Waals surface area contributed by atoms with E-state index in [1.54, 1.807) is 0 Å². The van der Waals surface area contributed by atoms with Crippen molar-refractivity contribution in [3.05, 3.63) is 17.2 Å². The molecule has 2 heterocycles. The maximum Gasteiger partial charge on any atom is 0.311 e. The molecule has 0 aliphatic carbocycles. The third-order valence-corrected chi connectivity index (χ3v) is 2.71. The number of nitrogens with zero attached hydrogens (tertiary/aromatic N) is 2. The molecular formula is C10H14N2O2. The van der Waals surface area contributed by atoms with Crippen LogP contribution >= 0.6 is 0 Å². The molecule has 76 valence electrons. The first-order valence-corrected chi connectivity index (χ1v) is 4.95. The van der Waals surface area contributed by atoms with Gasteiger partial charge in [-0.25, -0.2) is 4.98 Å². The minimum Gasteiger partial charge on any atom is -0.481 e. The fraction of sp³-hybridized carbons (Fsp3) is 0.600. The first-order valence-electron chi connectivity index (χ1n) is 4.95. The second-order valence-electron chi connectivity index (χ2n) is 3.74. The van der Waals surface area contributed by atoms with E-state index in [0.29, 0.717) is 5.82 Å². The van der Waals surface area contributed by atoms with Crippen molar-refractivity contribution in [1.29, 1.82) is 0 Å². The normalized spacial score (nSPS) is 15.2. The summed E-state index contributed by atoms with van der Waals surface area (Å²) in [5.41, 5.74) is 2.23. The molecule has 1 aromatic rings. The van der Waals surface area contributed by atoms with Crippen molar-refractivity contribution < 1.29 is 9.90 Å². The van der Waals surface area contributed by atoms with Crippen molar-refractivity contribution in [2.45, 2.75) is 39.2 Å². The van der Waals surface area contributed by atoms with Crippen LogP contribution in [-0.2, 0) is 24.2 Å².